The molecule has 2 rings (SSSR count). The van der Waals surface area contributed by atoms with Crippen molar-refractivity contribution in [3.63, 3.8) is 0 Å². The molecule has 0 aromatic heterocycles. The molecule has 0 spiro atoms. The fourth-order valence-electron chi connectivity index (χ4n) is 3.48. The quantitative estimate of drug-likeness (QED) is 0.786. The molecule has 1 heterocycles. The third-order valence-corrected chi connectivity index (χ3v) is 4.56. The molecular formula is C17H31NO4. The minimum absolute atomic E-state index is 0.0405. The SMILES string of the molecule is CC(C)(C)OC(=O)COCC1CCN(C2CCCC2O)CC1. The minimum Gasteiger partial charge on any atom is -0.458 e. The molecule has 0 radical (unpaired) electrons. The molecule has 1 aliphatic heterocycles. The van der Waals surface area contributed by atoms with Crippen LogP contribution in [0.3, 0.4) is 0 Å². The van der Waals surface area contributed by atoms with Crippen LogP contribution in [0.4, 0.5) is 0 Å². The van der Waals surface area contributed by atoms with E-state index in [0.717, 1.165) is 45.2 Å². The van der Waals surface area contributed by atoms with E-state index in [2.05, 4.69) is 4.90 Å². The third kappa shape index (κ3) is 5.52. The number of hydrogen-bond donors (Lipinski definition) is 1. The van der Waals surface area contributed by atoms with Crippen LogP contribution in [0.15, 0.2) is 0 Å². The molecule has 5 nitrogen and oxygen atoms in total. The van der Waals surface area contributed by atoms with E-state index < -0.39 is 5.60 Å². The predicted molar refractivity (Wildman–Crippen MR) is 84.6 cm³/mol. The zero-order valence-electron chi connectivity index (χ0n) is 14.2. The van der Waals surface area contributed by atoms with Gasteiger partial charge in [-0.05, 0) is 71.9 Å². The van der Waals surface area contributed by atoms with Crippen LogP contribution >= 0.6 is 0 Å². The molecule has 0 aromatic carbocycles. The van der Waals surface area contributed by atoms with E-state index in [1.807, 2.05) is 20.8 Å². The van der Waals surface area contributed by atoms with E-state index in [0.29, 0.717) is 18.6 Å². The number of carbonyl (C=O) groups is 1. The fourth-order valence-corrected chi connectivity index (χ4v) is 3.48. The number of carbonyl (C=O) groups excluding carboxylic acids is 1. The summed E-state index contributed by atoms with van der Waals surface area (Å²) in [6, 6.07) is 0.364. The van der Waals surface area contributed by atoms with Gasteiger partial charge in [-0.3, -0.25) is 4.90 Å². The predicted octanol–water partition coefficient (Wildman–Crippen LogP) is 1.97. The van der Waals surface area contributed by atoms with Crippen LogP contribution in [-0.2, 0) is 14.3 Å². The number of piperidine rings is 1. The molecule has 2 atom stereocenters. The van der Waals surface area contributed by atoms with Gasteiger partial charge in [0.05, 0.1) is 12.7 Å². The van der Waals surface area contributed by atoms with Gasteiger partial charge >= 0.3 is 5.97 Å². The Balaban J connectivity index is 1.60. The van der Waals surface area contributed by atoms with Gasteiger partial charge in [-0.25, -0.2) is 4.79 Å². The maximum Gasteiger partial charge on any atom is 0.332 e. The summed E-state index contributed by atoms with van der Waals surface area (Å²) in [4.78, 5) is 14.0. The van der Waals surface area contributed by atoms with Crippen molar-refractivity contribution in [3.8, 4) is 0 Å². The summed E-state index contributed by atoms with van der Waals surface area (Å²) in [5.41, 5.74) is -0.450. The second-order valence-electron chi connectivity index (χ2n) is 7.65. The number of hydrogen-bond acceptors (Lipinski definition) is 5. The van der Waals surface area contributed by atoms with E-state index in [1.165, 1.54) is 0 Å². The molecule has 0 amide bonds. The molecular weight excluding hydrogens is 282 g/mol. The van der Waals surface area contributed by atoms with E-state index in [1.54, 1.807) is 0 Å². The smallest absolute Gasteiger partial charge is 0.332 e. The van der Waals surface area contributed by atoms with E-state index in [9.17, 15) is 9.90 Å². The first-order valence-corrected chi connectivity index (χ1v) is 8.57. The first kappa shape index (κ1) is 17.7. The summed E-state index contributed by atoms with van der Waals surface area (Å²) < 4.78 is 10.7. The Morgan fingerprint density at radius 3 is 2.41 bits per heavy atom. The second-order valence-corrected chi connectivity index (χ2v) is 7.65. The zero-order chi connectivity index (χ0) is 16.2. The highest BCUT2D eigenvalue weighted by Gasteiger charge is 2.32. The van der Waals surface area contributed by atoms with Crippen LogP contribution in [-0.4, -0.2) is 60.0 Å². The molecule has 0 bridgehead atoms. The summed E-state index contributed by atoms with van der Waals surface area (Å²) in [5.74, 6) is 0.219. The number of rotatable bonds is 5. The minimum atomic E-state index is -0.450. The van der Waals surface area contributed by atoms with E-state index in [-0.39, 0.29) is 18.7 Å². The fraction of sp³-hybridized carbons (Fsp3) is 0.941. The maximum atomic E-state index is 11.6. The summed E-state index contributed by atoms with van der Waals surface area (Å²) in [6.07, 6.45) is 5.24. The largest absolute Gasteiger partial charge is 0.458 e. The summed E-state index contributed by atoms with van der Waals surface area (Å²) in [5, 5.41) is 9.98. The number of esters is 1. The van der Waals surface area contributed by atoms with Gasteiger partial charge < -0.3 is 14.6 Å². The Labute approximate surface area is 134 Å². The van der Waals surface area contributed by atoms with Crippen molar-refractivity contribution in [2.24, 2.45) is 5.92 Å². The lowest BCUT2D eigenvalue weighted by atomic mass is 9.96. The standard InChI is InChI=1S/C17H31NO4/c1-17(2,3)22-16(20)12-21-11-13-7-9-18(10-8-13)14-5-4-6-15(14)19/h13-15,19H,4-12H2,1-3H3. The molecule has 128 valence electrons. The Hall–Kier alpha value is -0.650. The molecule has 2 aliphatic rings. The van der Waals surface area contributed by atoms with Crippen molar-refractivity contribution in [3.05, 3.63) is 0 Å². The van der Waals surface area contributed by atoms with Gasteiger partial charge in [0.25, 0.3) is 0 Å². The van der Waals surface area contributed by atoms with Crippen molar-refractivity contribution in [1.29, 1.82) is 0 Å². The Kier molecular flexibility index (Phi) is 6.24. The van der Waals surface area contributed by atoms with Gasteiger partial charge in [0, 0.05) is 6.04 Å². The number of nitrogens with zero attached hydrogens (tertiary/aromatic N) is 1. The lowest BCUT2D eigenvalue weighted by Gasteiger charge is -2.37. The molecule has 1 saturated carbocycles. The summed E-state index contributed by atoms with van der Waals surface area (Å²) in [7, 11) is 0. The Morgan fingerprint density at radius 2 is 1.86 bits per heavy atom. The molecule has 1 saturated heterocycles. The van der Waals surface area contributed by atoms with Gasteiger partial charge in [-0.1, -0.05) is 0 Å². The topological polar surface area (TPSA) is 59.0 Å². The second kappa shape index (κ2) is 7.75. The van der Waals surface area contributed by atoms with Crippen LogP contribution in [0.5, 0.6) is 0 Å². The Bertz CT molecular complexity index is 358. The number of ether oxygens (including phenoxy) is 2. The lowest BCUT2D eigenvalue weighted by molar-refractivity contribution is -0.160. The molecule has 0 aromatic rings. The number of aliphatic hydroxyl groups is 1. The van der Waals surface area contributed by atoms with Gasteiger partial charge in [0.2, 0.25) is 0 Å². The monoisotopic (exact) mass is 313 g/mol. The van der Waals surface area contributed by atoms with Crippen LogP contribution in [0.2, 0.25) is 0 Å². The number of aliphatic hydroxyl groups excluding tert-OH is 1. The molecule has 2 unspecified atom stereocenters. The van der Waals surface area contributed by atoms with Crippen LogP contribution < -0.4 is 0 Å². The zero-order valence-corrected chi connectivity index (χ0v) is 14.2. The van der Waals surface area contributed by atoms with Crippen molar-refractivity contribution in [2.75, 3.05) is 26.3 Å². The first-order chi connectivity index (χ1) is 10.3. The normalized spacial score (nSPS) is 28.0. The highest BCUT2D eigenvalue weighted by molar-refractivity contribution is 5.71. The van der Waals surface area contributed by atoms with Crippen LogP contribution in [0, 0.1) is 5.92 Å². The summed E-state index contributed by atoms with van der Waals surface area (Å²) in [6.45, 7) is 8.30. The number of likely N-dealkylation sites (tertiary alicyclic amines) is 1. The highest BCUT2D eigenvalue weighted by Crippen LogP contribution is 2.28. The maximum absolute atomic E-state index is 11.6. The van der Waals surface area contributed by atoms with E-state index >= 15 is 0 Å². The van der Waals surface area contributed by atoms with Gasteiger partial charge in [-0.15, -0.1) is 0 Å². The Morgan fingerprint density at radius 1 is 1.18 bits per heavy atom. The highest BCUT2D eigenvalue weighted by atomic mass is 16.6. The van der Waals surface area contributed by atoms with Crippen molar-refractivity contribution in [2.45, 2.75) is 70.6 Å². The van der Waals surface area contributed by atoms with Crippen LogP contribution in [0.1, 0.15) is 52.9 Å². The third-order valence-electron chi connectivity index (χ3n) is 4.56. The molecule has 1 N–H and O–H groups in total. The molecule has 2 fully saturated rings. The van der Waals surface area contributed by atoms with E-state index in [4.69, 9.17) is 9.47 Å². The van der Waals surface area contributed by atoms with Crippen molar-refractivity contribution < 1.29 is 19.4 Å². The lowest BCUT2D eigenvalue weighted by Crippen LogP contribution is -2.45. The summed E-state index contributed by atoms with van der Waals surface area (Å²) >= 11 is 0. The molecule has 1 aliphatic carbocycles. The first-order valence-electron chi connectivity index (χ1n) is 8.57. The van der Waals surface area contributed by atoms with Crippen molar-refractivity contribution in [1.82, 2.24) is 4.90 Å². The average Bonchev–Trinajstić information content (AvgIpc) is 2.84. The molecule has 22 heavy (non-hydrogen) atoms. The van der Waals surface area contributed by atoms with Gasteiger partial charge in [-0.2, -0.15) is 0 Å². The van der Waals surface area contributed by atoms with Gasteiger partial charge in [0.15, 0.2) is 0 Å². The van der Waals surface area contributed by atoms with Crippen molar-refractivity contribution >= 4 is 5.97 Å². The van der Waals surface area contributed by atoms with Gasteiger partial charge in [0.1, 0.15) is 12.2 Å². The van der Waals surface area contributed by atoms with Crippen LogP contribution in [0.25, 0.3) is 0 Å². The molecule has 5 heteroatoms. The average molecular weight is 313 g/mol.